The van der Waals surface area contributed by atoms with Gasteiger partial charge in [-0.2, -0.15) is 0 Å². The number of fused-ring (bicyclic) bond motifs is 1. The molecule has 3 heterocycles. The molecule has 1 atom stereocenters. The van der Waals surface area contributed by atoms with Gasteiger partial charge in [-0.3, -0.25) is 14.6 Å². The Labute approximate surface area is 187 Å². The number of aromatic nitrogens is 1. The molecule has 2 aliphatic heterocycles. The predicted octanol–water partition coefficient (Wildman–Crippen LogP) is 2.76. The molecular weight excluding hydrogens is 410 g/mol. The predicted molar refractivity (Wildman–Crippen MR) is 120 cm³/mol. The second kappa shape index (κ2) is 9.00. The van der Waals surface area contributed by atoms with Crippen LogP contribution < -0.4 is 9.64 Å². The van der Waals surface area contributed by atoms with E-state index in [-0.39, 0.29) is 30.6 Å². The van der Waals surface area contributed by atoms with Gasteiger partial charge in [0.2, 0.25) is 0 Å². The van der Waals surface area contributed by atoms with Crippen molar-refractivity contribution in [2.45, 2.75) is 26.0 Å². The minimum atomic E-state index is -0.723. The van der Waals surface area contributed by atoms with E-state index in [0.29, 0.717) is 30.0 Å². The summed E-state index contributed by atoms with van der Waals surface area (Å²) in [4.78, 5) is 33.5. The monoisotopic (exact) mass is 437 g/mol. The van der Waals surface area contributed by atoms with Gasteiger partial charge in [-0.05, 0) is 49.7 Å². The van der Waals surface area contributed by atoms with Gasteiger partial charge in [0.05, 0.1) is 36.6 Å². The van der Waals surface area contributed by atoms with Crippen molar-refractivity contribution < 1.29 is 24.2 Å². The van der Waals surface area contributed by atoms with Crippen molar-refractivity contribution in [1.29, 1.82) is 0 Å². The van der Waals surface area contributed by atoms with Crippen LogP contribution in [-0.4, -0.2) is 66.1 Å². The van der Waals surface area contributed by atoms with E-state index in [1.54, 1.807) is 42.7 Å². The Morgan fingerprint density at radius 3 is 2.72 bits per heavy atom. The second-order valence-electron chi connectivity index (χ2n) is 8.15. The number of carbonyl (C=O) groups excluding carboxylic acids is 2. The molecule has 1 fully saturated rings. The highest BCUT2D eigenvalue weighted by Crippen LogP contribution is 2.40. The number of nitrogens with zero attached hydrogens (tertiary/aromatic N) is 3. The molecule has 4 rings (SSSR count). The summed E-state index contributed by atoms with van der Waals surface area (Å²) < 4.78 is 11.3. The van der Waals surface area contributed by atoms with E-state index in [1.165, 1.54) is 4.90 Å². The summed E-state index contributed by atoms with van der Waals surface area (Å²) in [6, 6.07) is 8.02. The first-order valence-electron chi connectivity index (χ1n) is 10.7. The van der Waals surface area contributed by atoms with Crippen LogP contribution >= 0.6 is 0 Å². The van der Waals surface area contributed by atoms with Crippen LogP contribution in [0.5, 0.6) is 5.75 Å². The lowest BCUT2D eigenvalue weighted by atomic mass is 9.95. The van der Waals surface area contributed by atoms with Gasteiger partial charge in [-0.15, -0.1) is 0 Å². The van der Waals surface area contributed by atoms with Crippen molar-refractivity contribution in [3.05, 3.63) is 59.4 Å². The number of aliphatic hydroxyl groups excluding tert-OH is 1. The topological polar surface area (TPSA) is 92.2 Å². The van der Waals surface area contributed by atoms with Crippen LogP contribution in [0, 0.1) is 0 Å². The van der Waals surface area contributed by atoms with E-state index in [4.69, 9.17) is 9.47 Å². The van der Waals surface area contributed by atoms with Gasteiger partial charge >= 0.3 is 0 Å². The number of aliphatic hydroxyl groups is 1. The zero-order valence-corrected chi connectivity index (χ0v) is 18.4. The average molecular weight is 437 g/mol. The quantitative estimate of drug-likeness (QED) is 0.422. The number of ketones is 1. The number of rotatable bonds is 6. The number of carbonyl (C=O) groups is 2. The fourth-order valence-electron chi connectivity index (χ4n) is 4.04. The molecule has 168 valence electrons. The lowest BCUT2D eigenvalue weighted by molar-refractivity contribution is -0.140. The van der Waals surface area contributed by atoms with E-state index >= 15 is 0 Å². The van der Waals surface area contributed by atoms with Gasteiger partial charge in [0.15, 0.2) is 0 Å². The smallest absolute Gasteiger partial charge is 0.295 e. The molecule has 1 N–H and O–H groups in total. The van der Waals surface area contributed by atoms with Crippen molar-refractivity contribution in [3.63, 3.8) is 0 Å². The normalized spacial score (nSPS) is 19.9. The minimum Gasteiger partial charge on any atom is -0.507 e. The Hall–Kier alpha value is -3.39. The van der Waals surface area contributed by atoms with Crippen LogP contribution in [-0.2, 0) is 14.3 Å². The lowest BCUT2D eigenvalue weighted by Crippen LogP contribution is -2.33. The molecule has 8 nitrogen and oxygen atoms in total. The first-order chi connectivity index (χ1) is 15.4. The largest absolute Gasteiger partial charge is 0.507 e. The maximum atomic E-state index is 13.1. The van der Waals surface area contributed by atoms with Gasteiger partial charge < -0.3 is 24.4 Å². The number of amides is 1. The molecule has 1 amide bonds. The van der Waals surface area contributed by atoms with Gasteiger partial charge in [0.25, 0.3) is 11.7 Å². The van der Waals surface area contributed by atoms with Crippen LogP contribution in [0.25, 0.3) is 5.76 Å². The molecule has 1 saturated heterocycles. The van der Waals surface area contributed by atoms with E-state index in [9.17, 15) is 14.7 Å². The third-order valence-corrected chi connectivity index (χ3v) is 5.67. The summed E-state index contributed by atoms with van der Waals surface area (Å²) >= 11 is 0. The van der Waals surface area contributed by atoms with Crippen molar-refractivity contribution >= 4 is 23.1 Å². The standard InChI is InChI=1S/C24H27N3O5/c1-15(2)31-13-11-27-21(16-6-8-25-9-7-16)20(23(29)24(27)30)22(28)17-4-5-19-18(14-17)26(3)10-12-32-19/h4-9,14-15,21,28H,10-13H2,1-3H3/b22-20-. The fourth-order valence-corrected chi connectivity index (χ4v) is 4.04. The molecule has 2 aromatic rings. The molecule has 0 bridgehead atoms. The highest BCUT2D eigenvalue weighted by atomic mass is 16.5. The average Bonchev–Trinajstić information content (AvgIpc) is 3.04. The van der Waals surface area contributed by atoms with Crippen molar-refractivity contribution in [1.82, 2.24) is 9.88 Å². The van der Waals surface area contributed by atoms with Crippen molar-refractivity contribution in [2.75, 3.05) is 38.3 Å². The van der Waals surface area contributed by atoms with Crippen LogP contribution in [0.1, 0.15) is 31.0 Å². The Morgan fingerprint density at radius 2 is 2.00 bits per heavy atom. The van der Waals surface area contributed by atoms with E-state index in [2.05, 4.69) is 4.98 Å². The summed E-state index contributed by atoms with van der Waals surface area (Å²) in [5.41, 5.74) is 2.03. The third-order valence-electron chi connectivity index (χ3n) is 5.67. The molecule has 0 saturated carbocycles. The summed E-state index contributed by atoms with van der Waals surface area (Å²) in [6.45, 7) is 5.63. The number of benzene rings is 1. The van der Waals surface area contributed by atoms with E-state index in [1.807, 2.05) is 25.8 Å². The SMILES string of the molecule is CC(C)OCCN1C(=O)C(=O)/C(=C(\O)c2ccc3c(c2)N(C)CCO3)C1c1ccncc1. The maximum Gasteiger partial charge on any atom is 0.295 e. The van der Waals surface area contributed by atoms with Crippen LogP contribution in [0.3, 0.4) is 0 Å². The highest BCUT2D eigenvalue weighted by Gasteiger charge is 2.46. The Kier molecular flexibility index (Phi) is 6.14. The number of ether oxygens (including phenoxy) is 2. The number of likely N-dealkylation sites (tertiary alicyclic amines) is 1. The summed E-state index contributed by atoms with van der Waals surface area (Å²) in [5, 5.41) is 11.2. The zero-order chi connectivity index (χ0) is 22.8. The number of likely N-dealkylation sites (N-methyl/N-ethyl adjacent to an activating group) is 1. The number of pyridine rings is 1. The molecular formula is C24H27N3O5. The number of hydrogen-bond acceptors (Lipinski definition) is 7. The van der Waals surface area contributed by atoms with Gasteiger partial charge in [-0.1, -0.05) is 0 Å². The third kappa shape index (κ3) is 4.05. The molecule has 32 heavy (non-hydrogen) atoms. The molecule has 1 unspecified atom stereocenters. The van der Waals surface area contributed by atoms with E-state index < -0.39 is 17.7 Å². The molecule has 2 aliphatic rings. The Morgan fingerprint density at radius 1 is 1.25 bits per heavy atom. The summed E-state index contributed by atoms with van der Waals surface area (Å²) in [5.74, 6) is -0.859. The molecule has 1 aromatic heterocycles. The van der Waals surface area contributed by atoms with Crippen LogP contribution in [0.15, 0.2) is 48.3 Å². The Balaban J connectivity index is 1.78. The summed E-state index contributed by atoms with van der Waals surface area (Å²) in [7, 11) is 1.94. The number of hydrogen-bond donors (Lipinski definition) is 1. The first kappa shape index (κ1) is 21.8. The minimum absolute atomic E-state index is 0.000834. The molecule has 8 heteroatoms. The molecule has 0 aliphatic carbocycles. The molecule has 0 spiro atoms. The van der Waals surface area contributed by atoms with Crippen molar-refractivity contribution in [2.24, 2.45) is 0 Å². The number of Topliss-reactive ketones (excluding diaryl/α,β-unsaturated/α-hetero) is 1. The van der Waals surface area contributed by atoms with Crippen molar-refractivity contribution in [3.8, 4) is 5.75 Å². The number of anilines is 1. The maximum absolute atomic E-state index is 13.1. The molecule has 1 aromatic carbocycles. The highest BCUT2D eigenvalue weighted by molar-refractivity contribution is 6.46. The van der Waals surface area contributed by atoms with E-state index in [0.717, 1.165) is 5.69 Å². The zero-order valence-electron chi connectivity index (χ0n) is 18.4. The second-order valence-corrected chi connectivity index (χ2v) is 8.15. The fraction of sp³-hybridized carbons (Fsp3) is 0.375. The van der Waals surface area contributed by atoms with Gasteiger partial charge in [0, 0.05) is 31.5 Å². The Bertz CT molecular complexity index is 1050. The summed E-state index contributed by atoms with van der Waals surface area (Å²) in [6.07, 6.45) is 3.21. The van der Waals surface area contributed by atoms with Gasteiger partial charge in [-0.25, -0.2) is 0 Å². The lowest BCUT2D eigenvalue weighted by Gasteiger charge is -2.28. The molecule has 0 radical (unpaired) electrons. The van der Waals surface area contributed by atoms with Gasteiger partial charge in [0.1, 0.15) is 18.1 Å². The van der Waals surface area contributed by atoms with Crippen LogP contribution in [0.2, 0.25) is 0 Å². The van der Waals surface area contributed by atoms with Crippen LogP contribution in [0.4, 0.5) is 5.69 Å². The first-order valence-corrected chi connectivity index (χ1v) is 10.7.